The fourth-order valence-corrected chi connectivity index (χ4v) is 6.61. The van der Waals surface area contributed by atoms with Crippen LogP contribution in [0.25, 0.3) is 10.9 Å². The molecule has 2 aliphatic rings. The molecule has 3 N–H and O–H groups in total. The lowest BCUT2D eigenvalue weighted by molar-refractivity contribution is -0.145. The van der Waals surface area contributed by atoms with Crippen molar-refractivity contribution in [1.29, 1.82) is 0 Å². The van der Waals surface area contributed by atoms with Gasteiger partial charge in [0.05, 0.1) is 6.04 Å². The Hall–Kier alpha value is -3.20. The fourth-order valence-electron chi connectivity index (χ4n) is 6.61. The van der Waals surface area contributed by atoms with Crippen LogP contribution in [0.4, 0.5) is 0 Å². The van der Waals surface area contributed by atoms with Gasteiger partial charge in [-0.1, -0.05) is 58.2 Å². The van der Waals surface area contributed by atoms with Gasteiger partial charge in [0.25, 0.3) is 0 Å². The summed E-state index contributed by atoms with van der Waals surface area (Å²) >= 11 is 0. The number of nitrogens with zero attached hydrogens (tertiary/aromatic N) is 2. The van der Waals surface area contributed by atoms with Gasteiger partial charge in [-0.15, -0.1) is 0 Å². The van der Waals surface area contributed by atoms with Crippen molar-refractivity contribution in [1.82, 2.24) is 25.4 Å². The lowest BCUT2D eigenvalue weighted by Crippen LogP contribution is -2.61. The Labute approximate surface area is 250 Å². The zero-order valence-electron chi connectivity index (χ0n) is 25.8. The summed E-state index contributed by atoms with van der Waals surface area (Å²) in [6.07, 6.45) is 8.70. The van der Waals surface area contributed by atoms with Gasteiger partial charge in [0, 0.05) is 49.1 Å². The molecule has 1 unspecified atom stereocenters. The number of hydrogen-bond donors (Lipinski definition) is 3. The lowest BCUT2D eigenvalue weighted by Gasteiger charge is -2.39. The van der Waals surface area contributed by atoms with Crippen molar-refractivity contribution in [3.63, 3.8) is 0 Å². The third-order valence-corrected chi connectivity index (χ3v) is 9.22. The molecular weight excluding hydrogens is 530 g/mol. The van der Waals surface area contributed by atoms with Crippen LogP contribution < -0.4 is 10.6 Å². The minimum absolute atomic E-state index is 0.000569. The minimum atomic E-state index is -0.697. The first-order valence-corrected chi connectivity index (χ1v) is 15.9. The van der Waals surface area contributed by atoms with Crippen LogP contribution in [0.2, 0.25) is 0 Å². The van der Waals surface area contributed by atoms with Crippen LogP contribution in [-0.4, -0.2) is 82.6 Å². The van der Waals surface area contributed by atoms with Gasteiger partial charge in [-0.3, -0.25) is 24.1 Å². The molecule has 9 heteroatoms. The number of benzene rings is 1. The second-order valence-corrected chi connectivity index (χ2v) is 12.3. The zero-order valence-corrected chi connectivity index (χ0v) is 25.8. The molecule has 42 heavy (non-hydrogen) atoms. The maximum absolute atomic E-state index is 14.1. The van der Waals surface area contributed by atoms with E-state index in [2.05, 4.69) is 40.4 Å². The molecule has 0 spiro atoms. The number of amides is 3. The van der Waals surface area contributed by atoms with E-state index >= 15 is 0 Å². The third kappa shape index (κ3) is 7.60. The molecule has 5 atom stereocenters. The van der Waals surface area contributed by atoms with E-state index in [1.54, 1.807) is 4.90 Å². The minimum Gasteiger partial charge on any atom is -0.361 e. The van der Waals surface area contributed by atoms with E-state index in [4.69, 9.17) is 0 Å². The molecule has 3 heterocycles. The topological polar surface area (TPSA) is 115 Å². The summed E-state index contributed by atoms with van der Waals surface area (Å²) < 4.78 is 0. The standard InChI is InChI=1S/C33H49N5O4/c1-5-22(3)30-33(42)38-18-12-17-29(38)32(41)36-28(16-9-7-8-13-25(39)6-2)31(40)35-24(21-37(30)4)19-23-20-34-27-15-11-10-14-26(23)27/h10-11,14-15,20,22,24,28-30,34H,5-9,12-13,16-19,21H2,1-4H3,(H,35,40)(H,36,41)/t22-,24?,28-,29+,30-/m0/s1. The second kappa shape index (κ2) is 14.8. The van der Waals surface area contributed by atoms with Crippen LogP contribution in [0.1, 0.15) is 84.1 Å². The van der Waals surface area contributed by atoms with Gasteiger partial charge in [-0.2, -0.15) is 0 Å². The van der Waals surface area contributed by atoms with Gasteiger partial charge in [-0.05, 0) is 56.7 Å². The SMILES string of the molecule is CCC(=O)CCCCC[C@@H]1NC(=O)[C@H]2CCCN2C(=O)[C@H]([C@@H](C)CC)N(C)CC(Cc2c[nH]c3ccccc23)NC1=O. The van der Waals surface area contributed by atoms with Crippen LogP contribution >= 0.6 is 0 Å². The van der Waals surface area contributed by atoms with Gasteiger partial charge in [0.1, 0.15) is 17.9 Å². The quantitative estimate of drug-likeness (QED) is 0.349. The monoisotopic (exact) mass is 579 g/mol. The number of aromatic amines is 1. The van der Waals surface area contributed by atoms with Gasteiger partial charge in [0.15, 0.2) is 0 Å². The molecule has 0 aliphatic carbocycles. The Kier molecular flexibility index (Phi) is 11.2. The second-order valence-electron chi connectivity index (χ2n) is 12.3. The van der Waals surface area contributed by atoms with Gasteiger partial charge in [0.2, 0.25) is 17.7 Å². The molecule has 2 aliphatic heterocycles. The first kappa shape index (κ1) is 31.7. The van der Waals surface area contributed by atoms with Crippen molar-refractivity contribution in [3.05, 3.63) is 36.0 Å². The van der Waals surface area contributed by atoms with Crippen LogP contribution in [-0.2, 0) is 25.6 Å². The average molecular weight is 580 g/mol. The molecule has 1 aromatic heterocycles. The summed E-state index contributed by atoms with van der Waals surface area (Å²) in [4.78, 5) is 60.4. The number of unbranched alkanes of at least 4 members (excludes halogenated alkanes) is 2. The highest BCUT2D eigenvalue weighted by Crippen LogP contribution is 2.26. The molecule has 1 aromatic carbocycles. The summed E-state index contributed by atoms with van der Waals surface area (Å²) in [7, 11) is 1.97. The van der Waals surface area contributed by atoms with Gasteiger partial charge in [-0.25, -0.2) is 0 Å². The Balaban J connectivity index is 1.61. The van der Waals surface area contributed by atoms with Crippen LogP contribution in [0.5, 0.6) is 0 Å². The number of hydrogen-bond acceptors (Lipinski definition) is 5. The van der Waals surface area contributed by atoms with Crippen molar-refractivity contribution >= 4 is 34.4 Å². The Morgan fingerprint density at radius 1 is 1.05 bits per heavy atom. The number of aromatic nitrogens is 1. The molecule has 0 radical (unpaired) electrons. The smallest absolute Gasteiger partial charge is 0.243 e. The molecule has 9 nitrogen and oxygen atoms in total. The van der Waals surface area contributed by atoms with Crippen molar-refractivity contribution in [2.45, 2.75) is 109 Å². The summed E-state index contributed by atoms with van der Waals surface area (Å²) in [5, 5.41) is 7.42. The number of nitrogens with one attached hydrogen (secondary N) is 3. The number of fused-ring (bicyclic) bond motifs is 2. The number of carbonyl (C=O) groups excluding carboxylic acids is 4. The third-order valence-electron chi connectivity index (χ3n) is 9.22. The predicted octanol–water partition coefficient (Wildman–Crippen LogP) is 3.96. The average Bonchev–Trinajstić information content (AvgIpc) is 3.63. The molecule has 0 bridgehead atoms. The van der Waals surface area contributed by atoms with Crippen LogP contribution in [0.3, 0.4) is 0 Å². The normalized spacial score (nSPS) is 25.0. The van der Waals surface area contributed by atoms with E-state index in [0.29, 0.717) is 45.2 Å². The lowest BCUT2D eigenvalue weighted by atomic mass is 9.94. The maximum atomic E-state index is 14.1. The predicted molar refractivity (Wildman–Crippen MR) is 165 cm³/mol. The number of likely N-dealkylation sites (N-methyl/N-ethyl adjacent to an activating group) is 1. The number of carbonyl (C=O) groups is 4. The number of para-hydroxylation sites is 1. The van der Waals surface area contributed by atoms with Crippen LogP contribution in [0.15, 0.2) is 30.5 Å². The van der Waals surface area contributed by atoms with Gasteiger partial charge < -0.3 is 20.5 Å². The number of ketones is 1. The zero-order chi connectivity index (χ0) is 30.2. The number of Topliss-reactive ketones (excluding diaryl/α,β-unsaturated/α-hetero) is 1. The van der Waals surface area contributed by atoms with E-state index in [1.807, 2.05) is 38.4 Å². The first-order valence-electron chi connectivity index (χ1n) is 15.9. The molecule has 0 saturated carbocycles. The number of H-pyrrole nitrogens is 1. The van der Waals surface area contributed by atoms with Gasteiger partial charge >= 0.3 is 0 Å². The molecular formula is C33H49N5O4. The Morgan fingerprint density at radius 3 is 2.60 bits per heavy atom. The van der Waals surface area contributed by atoms with E-state index in [0.717, 1.165) is 48.6 Å². The van der Waals surface area contributed by atoms with E-state index in [-0.39, 0.29) is 41.5 Å². The highest BCUT2D eigenvalue weighted by molar-refractivity contribution is 5.94. The van der Waals surface area contributed by atoms with E-state index in [1.165, 1.54) is 0 Å². The van der Waals surface area contributed by atoms with Crippen LogP contribution in [0, 0.1) is 5.92 Å². The fraction of sp³-hybridized carbons (Fsp3) is 0.636. The van der Waals surface area contributed by atoms with Crippen molar-refractivity contribution in [3.8, 4) is 0 Å². The Bertz CT molecular complexity index is 1240. The van der Waals surface area contributed by atoms with E-state index < -0.39 is 12.1 Å². The Morgan fingerprint density at radius 2 is 1.83 bits per heavy atom. The van der Waals surface area contributed by atoms with E-state index in [9.17, 15) is 19.2 Å². The summed E-state index contributed by atoms with van der Waals surface area (Å²) in [6.45, 7) is 7.11. The summed E-state index contributed by atoms with van der Waals surface area (Å²) in [5.41, 5.74) is 2.14. The van der Waals surface area contributed by atoms with Crippen molar-refractivity contribution in [2.75, 3.05) is 20.1 Å². The van der Waals surface area contributed by atoms with Crippen molar-refractivity contribution in [2.24, 2.45) is 5.92 Å². The molecule has 2 aromatic rings. The molecule has 4 rings (SSSR count). The highest BCUT2D eigenvalue weighted by atomic mass is 16.2. The molecule has 3 amide bonds. The largest absolute Gasteiger partial charge is 0.361 e. The first-order chi connectivity index (χ1) is 20.2. The summed E-state index contributed by atoms with van der Waals surface area (Å²) in [6, 6.07) is 6.21. The maximum Gasteiger partial charge on any atom is 0.243 e. The molecule has 2 saturated heterocycles. The number of rotatable bonds is 11. The highest BCUT2D eigenvalue weighted by Gasteiger charge is 2.42. The molecule has 2 fully saturated rings. The molecule has 230 valence electrons. The van der Waals surface area contributed by atoms with Crippen molar-refractivity contribution < 1.29 is 19.2 Å². The summed E-state index contributed by atoms with van der Waals surface area (Å²) in [5.74, 6) is -0.104.